The van der Waals surface area contributed by atoms with Crippen molar-refractivity contribution in [2.75, 3.05) is 4.90 Å². The van der Waals surface area contributed by atoms with Gasteiger partial charge in [-0.05, 0) is 49.3 Å². The Labute approximate surface area is 191 Å². The number of nitrogens with zero attached hydrogens (tertiary/aromatic N) is 3. The lowest BCUT2D eigenvalue weighted by Gasteiger charge is -2.34. The predicted molar refractivity (Wildman–Crippen MR) is 128 cm³/mol. The van der Waals surface area contributed by atoms with E-state index in [1.807, 2.05) is 93.6 Å². The van der Waals surface area contributed by atoms with Gasteiger partial charge in [0.15, 0.2) is 5.69 Å². The summed E-state index contributed by atoms with van der Waals surface area (Å²) in [6, 6.07) is 22.0. The first-order valence-electron chi connectivity index (χ1n) is 10.3. The third kappa shape index (κ3) is 4.53. The maximum Gasteiger partial charge on any atom is 0.280 e. The number of hydrogen-bond donors (Lipinski definition) is 1. The highest BCUT2D eigenvalue weighted by Gasteiger charge is 2.36. The number of rotatable bonds is 5. The third-order valence-electron chi connectivity index (χ3n) is 4.94. The average Bonchev–Trinajstić information content (AvgIpc) is 3.31. The molecule has 1 heterocycles. The van der Waals surface area contributed by atoms with Crippen LogP contribution in [0.4, 0.5) is 5.69 Å². The highest BCUT2D eigenvalue weighted by atomic mass is 32.1. The molecule has 4 rings (SSSR count). The molecule has 0 unspecified atom stereocenters. The summed E-state index contributed by atoms with van der Waals surface area (Å²) in [5.41, 5.74) is 1.07. The molecule has 1 aromatic heterocycles. The fourth-order valence-electron chi connectivity index (χ4n) is 3.66. The summed E-state index contributed by atoms with van der Waals surface area (Å²) in [6.07, 6.45) is 0. The Morgan fingerprint density at radius 2 is 1.62 bits per heavy atom. The summed E-state index contributed by atoms with van der Waals surface area (Å²) in [4.78, 5) is 29.0. The Bertz CT molecular complexity index is 1230. The van der Waals surface area contributed by atoms with Crippen molar-refractivity contribution in [2.45, 2.75) is 32.4 Å². The number of fused-ring (bicyclic) bond motifs is 1. The maximum atomic E-state index is 13.8. The van der Waals surface area contributed by atoms with Gasteiger partial charge in [0.25, 0.3) is 5.91 Å². The van der Waals surface area contributed by atoms with Crippen LogP contribution in [0, 0.1) is 0 Å². The van der Waals surface area contributed by atoms with Gasteiger partial charge in [-0.1, -0.05) is 71.2 Å². The number of nitrogens with one attached hydrogen (secondary N) is 1. The van der Waals surface area contributed by atoms with Gasteiger partial charge < -0.3 is 5.32 Å². The van der Waals surface area contributed by atoms with E-state index in [1.165, 1.54) is 4.90 Å². The fourth-order valence-corrected chi connectivity index (χ4v) is 4.09. The van der Waals surface area contributed by atoms with Crippen LogP contribution in [-0.4, -0.2) is 26.9 Å². The fraction of sp³-hybridized carbons (Fsp3) is 0.200. The van der Waals surface area contributed by atoms with Gasteiger partial charge in [-0.25, -0.2) is 0 Å². The van der Waals surface area contributed by atoms with Crippen LogP contribution in [0.3, 0.4) is 0 Å². The average molecular weight is 445 g/mol. The summed E-state index contributed by atoms with van der Waals surface area (Å²) >= 11 is 1.10. The van der Waals surface area contributed by atoms with Crippen LogP contribution in [0.15, 0.2) is 78.2 Å². The molecular formula is C25H24N4O2S. The molecule has 0 spiro atoms. The molecule has 1 N–H and O–H groups in total. The second kappa shape index (κ2) is 8.88. The smallest absolute Gasteiger partial charge is 0.280 e. The predicted octanol–water partition coefficient (Wildman–Crippen LogP) is 4.99. The molecule has 32 heavy (non-hydrogen) atoms. The first kappa shape index (κ1) is 21.6. The summed E-state index contributed by atoms with van der Waals surface area (Å²) in [5, 5.41) is 10.5. The minimum Gasteiger partial charge on any atom is -0.349 e. The standard InChI is InChI=1S/C25H24N4O2S/c1-25(2,3)26-23(30)22(18-11-5-4-6-12-18)29(24(31)20-16-32-28-27-20)21-15-9-13-17-10-7-8-14-19(17)21/h4-16,22H,1-3H3,(H,26,30)/t22-/m0/s1. The second-order valence-corrected chi connectivity index (χ2v) is 9.13. The Balaban J connectivity index is 1.95. The molecular weight excluding hydrogens is 420 g/mol. The first-order chi connectivity index (χ1) is 15.3. The molecule has 0 aliphatic heterocycles. The number of carbonyl (C=O) groups is 2. The van der Waals surface area contributed by atoms with E-state index in [1.54, 1.807) is 5.38 Å². The van der Waals surface area contributed by atoms with Crippen molar-refractivity contribution in [2.24, 2.45) is 0 Å². The maximum absolute atomic E-state index is 13.8. The van der Waals surface area contributed by atoms with Crippen molar-refractivity contribution in [1.29, 1.82) is 0 Å². The van der Waals surface area contributed by atoms with Gasteiger partial charge in [-0.15, -0.1) is 5.10 Å². The SMILES string of the molecule is CC(C)(C)NC(=O)[C@H](c1ccccc1)N(C(=O)c1csnn1)c1cccc2ccccc12. The van der Waals surface area contributed by atoms with E-state index in [0.29, 0.717) is 11.3 Å². The van der Waals surface area contributed by atoms with Gasteiger partial charge >= 0.3 is 0 Å². The van der Waals surface area contributed by atoms with Crippen molar-refractivity contribution in [3.05, 3.63) is 89.4 Å². The summed E-state index contributed by atoms with van der Waals surface area (Å²) in [6.45, 7) is 5.75. The summed E-state index contributed by atoms with van der Waals surface area (Å²) in [7, 11) is 0. The van der Waals surface area contributed by atoms with Crippen LogP contribution in [0.1, 0.15) is 42.9 Å². The second-order valence-electron chi connectivity index (χ2n) is 8.52. The molecule has 0 aliphatic rings. The quantitative estimate of drug-likeness (QED) is 0.470. The van der Waals surface area contributed by atoms with Crippen LogP contribution in [0.5, 0.6) is 0 Å². The van der Waals surface area contributed by atoms with Crippen molar-refractivity contribution >= 4 is 39.8 Å². The zero-order chi connectivity index (χ0) is 22.7. The largest absolute Gasteiger partial charge is 0.349 e. The van der Waals surface area contributed by atoms with Gasteiger partial charge in [0.2, 0.25) is 5.91 Å². The first-order valence-corrected chi connectivity index (χ1v) is 11.1. The normalized spacial score (nSPS) is 12.3. The Hall–Kier alpha value is -3.58. The molecule has 4 aromatic rings. The molecule has 2 amide bonds. The minimum atomic E-state index is -0.893. The monoisotopic (exact) mass is 444 g/mol. The molecule has 162 valence electrons. The molecule has 7 heteroatoms. The number of carbonyl (C=O) groups excluding carboxylic acids is 2. The lowest BCUT2D eigenvalue weighted by atomic mass is 9.99. The zero-order valence-electron chi connectivity index (χ0n) is 18.1. The number of hydrogen-bond acceptors (Lipinski definition) is 5. The van der Waals surface area contributed by atoms with E-state index < -0.39 is 11.6 Å². The topological polar surface area (TPSA) is 75.2 Å². The van der Waals surface area contributed by atoms with Crippen LogP contribution in [0.25, 0.3) is 10.8 Å². The van der Waals surface area contributed by atoms with Crippen molar-refractivity contribution in [1.82, 2.24) is 14.9 Å². The van der Waals surface area contributed by atoms with Gasteiger partial charge in [-0.3, -0.25) is 14.5 Å². The van der Waals surface area contributed by atoms with Gasteiger partial charge in [0, 0.05) is 16.3 Å². The van der Waals surface area contributed by atoms with E-state index in [2.05, 4.69) is 14.9 Å². The molecule has 0 bridgehead atoms. The highest BCUT2D eigenvalue weighted by molar-refractivity contribution is 7.03. The van der Waals surface area contributed by atoms with Crippen LogP contribution in [0.2, 0.25) is 0 Å². The van der Waals surface area contributed by atoms with Crippen molar-refractivity contribution < 1.29 is 9.59 Å². The molecule has 0 radical (unpaired) electrons. The number of benzene rings is 3. The zero-order valence-corrected chi connectivity index (χ0v) is 19.0. The van der Waals surface area contributed by atoms with Gasteiger partial charge in [0.1, 0.15) is 6.04 Å². The van der Waals surface area contributed by atoms with Crippen LogP contribution < -0.4 is 10.2 Å². The summed E-state index contributed by atoms with van der Waals surface area (Å²) in [5.74, 6) is -0.652. The van der Waals surface area contributed by atoms with E-state index in [0.717, 1.165) is 22.3 Å². The molecule has 6 nitrogen and oxygen atoms in total. The van der Waals surface area contributed by atoms with E-state index >= 15 is 0 Å². The van der Waals surface area contributed by atoms with Crippen molar-refractivity contribution in [3.8, 4) is 0 Å². The molecule has 0 fully saturated rings. The van der Waals surface area contributed by atoms with Crippen LogP contribution in [-0.2, 0) is 4.79 Å². The highest BCUT2D eigenvalue weighted by Crippen LogP contribution is 2.35. The van der Waals surface area contributed by atoms with E-state index in [4.69, 9.17) is 0 Å². The van der Waals surface area contributed by atoms with Crippen molar-refractivity contribution in [3.63, 3.8) is 0 Å². The lowest BCUT2D eigenvalue weighted by Crippen LogP contribution is -2.49. The van der Waals surface area contributed by atoms with Gasteiger partial charge in [-0.2, -0.15) is 0 Å². The van der Waals surface area contributed by atoms with E-state index in [9.17, 15) is 9.59 Å². The molecule has 3 aromatic carbocycles. The Kier molecular flexibility index (Phi) is 6.01. The molecule has 1 atom stereocenters. The number of amides is 2. The minimum absolute atomic E-state index is 0.201. The third-order valence-corrected chi connectivity index (χ3v) is 5.45. The number of aromatic nitrogens is 2. The molecule has 0 aliphatic carbocycles. The molecule has 0 saturated heterocycles. The van der Waals surface area contributed by atoms with E-state index in [-0.39, 0.29) is 17.5 Å². The van der Waals surface area contributed by atoms with Gasteiger partial charge in [0.05, 0.1) is 5.69 Å². The Morgan fingerprint density at radius 3 is 2.31 bits per heavy atom. The molecule has 0 saturated carbocycles. The number of anilines is 1. The van der Waals surface area contributed by atoms with Crippen LogP contribution >= 0.6 is 11.5 Å². The summed E-state index contributed by atoms with van der Waals surface area (Å²) < 4.78 is 3.86. The Morgan fingerprint density at radius 1 is 0.938 bits per heavy atom. The lowest BCUT2D eigenvalue weighted by molar-refractivity contribution is -0.123.